The molecule has 20 heavy (non-hydrogen) atoms. The minimum atomic E-state index is -3.56. The number of carbonyl (C=O) groups excluding carboxylic acids is 2. The Labute approximate surface area is 116 Å². The minimum Gasteiger partial charge on any atom is -0.462 e. The highest BCUT2D eigenvalue weighted by molar-refractivity contribution is 7.85. The Hall–Kier alpha value is -1.94. The van der Waals surface area contributed by atoms with Gasteiger partial charge in [-0.3, -0.25) is 8.98 Å². The third-order valence-electron chi connectivity index (χ3n) is 2.13. The highest BCUT2D eigenvalue weighted by Gasteiger charge is 2.18. The predicted octanol–water partition coefficient (Wildman–Crippen LogP) is -0.396. The Morgan fingerprint density at radius 1 is 1.55 bits per heavy atom. The molecule has 0 fully saturated rings. The molecule has 9 nitrogen and oxygen atoms in total. The van der Waals surface area contributed by atoms with Crippen LogP contribution in [-0.4, -0.2) is 50.0 Å². The summed E-state index contributed by atoms with van der Waals surface area (Å²) in [5, 5.41) is 6.20. The Kier molecular flexibility index (Phi) is 5.65. The van der Waals surface area contributed by atoms with Crippen molar-refractivity contribution in [2.24, 2.45) is 0 Å². The quantitative estimate of drug-likeness (QED) is 0.394. The van der Waals surface area contributed by atoms with Crippen molar-refractivity contribution in [3.63, 3.8) is 0 Å². The normalized spacial score (nSPS) is 11.1. The molecule has 1 N–H and O–H groups in total. The average Bonchev–Trinajstić information content (AvgIpc) is 2.72. The zero-order valence-electron chi connectivity index (χ0n) is 11.0. The number of hydrogen-bond acceptors (Lipinski definition) is 7. The van der Waals surface area contributed by atoms with Crippen LogP contribution < -0.4 is 5.32 Å². The third kappa shape index (κ3) is 4.63. The van der Waals surface area contributed by atoms with Crippen molar-refractivity contribution in [2.75, 3.05) is 24.8 Å². The van der Waals surface area contributed by atoms with Crippen molar-refractivity contribution in [1.29, 1.82) is 0 Å². The van der Waals surface area contributed by atoms with E-state index < -0.39 is 16.1 Å². The molecular formula is C10H15N3O6S. The fourth-order valence-corrected chi connectivity index (χ4v) is 1.77. The van der Waals surface area contributed by atoms with Gasteiger partial charge in [-0.25, -0.2) is 9.48 Å². The zero-order chi connectivity index (χ0) is 15.2. The second kappa shape index (κ2) is 7.01. The number of carbonyl (C=O) groups is 2. The van der Waals surface area contributed by atoms with Gasteiger partial charge in [-0.1, -0.05) is 0 Å². The van der Waals surface area contributed by atoms with E-state index in [-0.39, 0.29) is 31.1 Å². The Morgan fingerprint density at radius 3 is 2.80 bits per heavy atom. The van der Waals surface area contributed by atoms with Crippen LogP contribution in [0.5, 0.6) is 0 Å². The molecule has 1 aromatic rings. The minimum absolute atomic E-state index is 0.0443. The number of anilines is 1. The molecule has 0 saturated carbocycles. The molecule has 0 radical (unpaired) electrons. The van der Waals surface area contributed by atoms with Crippen molar-refractivity contribution in [3.8, 4) is 0 Å². The predicted molar refractivity (Wildman–Crippen MR) is 68.7 cm³/mol. The number of ether oxygens (including phenoxy) is 1. The first-order valence-corrected chi connectivity index (χ1v) is 7.48. The molecule has 1 amide bonds. The van der Waals surface area contributed by atoms with Crippen LogP contribution in [0.3, 0.4) is 0 Å². The molecule has 0 spiro atoms. The average molecular weight is 305 g/mol. The maximum atomic E-state index is 11.6. The SMILES string of the molecule is CCOC(=O)c1cnn(CCOS(C)(=O)=O)c1NC=O. The van der Waals surface area contributed by atoms with E-state index in [2.05, 4.69) is 14.6 Å². The largest absolute Gasteiger partial charge is 0.462 e. The fourth-order valence-electron chi connectivity index (χ4n) is 1.40. The van der Waals surface area contributed by atoms with Crippen molar-refractivity contribution >= 4 is 28.3 Å². The smallest absolute Gasteiger partial charge is 0.343 e. The topological polar surface area (TPSA) is 117 Å². The molecule has 0 unspecified atom stereocenters. The van der Waals surface area contributed by atoms with Crippen molar-refractivity contribution < 1.29 is 26.9 Å². The van der Waals surface area contributed by atoms with Crippen molar-refractivity contribution in [3.05, 3.63) is 11.8 Å². The molecule has 10 heteroatoms. The highest BCUT2D eigenvalue weighted by atomic mass is 32.2. The number of hydrogen-bond donors (Lipinski definition) is 1. The van der Waals surface area contributed by atoms with Crippen molar-refractivity contribution in [2.45, 2.75) is 13.5 Å². The van der Waals surface area contributed by atoms with E-state index in [9.17, 15) is 18.0 Å². The number of nitrogens with zero attached hydrogens (tertiary/aromatic N) is 2. The lowest BCUT2D eigenvalue weighted by Gasteiger charge is -2.07. The summed E-state index contributed by atoms with van der Waals surface area (Å²) in [6.45, 7) is 1.70. The molecule has 1 aromatic heterocycles. The molecule has 1 heterocycles. The molecule has 112 valence electrons. The van der Waals surface area contributed by atoms with Gasteiger partial charge in [-0.2, -0.15) is 13.5 Å². The van der Waals surface area contributed by atoms with Gasteiger partial charge in [0, 0.05) is 0 Å². The first-order valence-electron chi connectivity index (χ1n) is 5.66. The van der Waals surface area contributed by atoms with Crippen LogP contribution in [0.25, 0.3) is 0 Å². The molecule has 0 bridgehead atoms. The van der Waals surface area contributed by atoms with E-state index in [1.165, 1.54) is 10.9 Å². The molecule has 0 aliphatic rings. The van der Waals surface area contributed by atoms with E-state index >= 15 is 0 Å². The highest BCUT2D eigenvalue weighted by Crippen LogP contribution is 2.16. The Balaban J connectivity index is 2.85. The van der Waals surface area contributed by atoms with Gasteiger partial charge in [0.2, 0.25) is 6.41 Å². The summed E-state index contributed by atoms with van der Waals surface area (Å²) in [5.41, 5.74) is 0.0818. The molecule has 0 saturated heterocycles. The standard InChI is InChI=1S/C10H15N3O6S/c1-3-18-10(15)8-6-12-13(9(8)11-7-14)4-5-19-20(2,16)17/h6-7H,3-5H2,1-2H3,(H,11,14). The summed E-state index contributed by atoms with van der Waals surface area (Å²) in [4.78, 5) is 22.2. The van der Waals surface area contributed by atoms with Gasteiger partial charge < -0.3 is 10.1 Å². The van der Waals surface area contributed by atoms with Gasteiger partial charge >= 0.3 is 5.97 Å². The van der Waals surface area contributed by atoms with Gasteiger partial charge in [0.05, 0.1) is 32.2 Å². The molecule has 0 aliphatic heterocycles. The summed E-state index contributed by atoms with van der Waals surface area (Å²) >= 11 is 0. The van der Waals surface area contributed by atoms with E-state index in [1.807, 2.05) is 0 Å². The van der Waals surface area contributed by atoms with Crippen LogP contribution in [-0.2, 0) is 30.4 Å². The van der Waals surface area contributed by atoms with E-state index in [0.29, 0.717) is 6.41 Å². The van der Waals surface area contributed by atoms with E-state index in [1.54, 1.807) is 6.92 Å². The maximum Gasteiger partial charge on any atom is 0.343 e. The molecular weight excluding hydrogens is 290 g/mol. The second-order valence-electron chi connectivity index (χ2n) is 3.64. The monoisotopic (exact) mass is 305 g/mol. The maximum absolute atomic E-state index is 11.6. The van der Waals surface area contributed by atoms with Gasteiger partial charge in [-0.15, -0.1) is 0 Å². The van der Waals surface area contributed by atoms with Crippen LogP contribution in [0.1, 0.15) is 17.3 Å². The fraction of sp³-hybridized carbons (Fsp3) is 0.500. The summed E-state index contributed by atoms with van der Waals surface area (Å²) in [5.74, 6) is -0.511. The Morgan fingerprint density at radius 2 is 2.25 bits per heavy atom. The second-order valence-corrected chi connectivity index (χ2v) is 5.28. The van der Waals surface area contributed by atoms with Gasteiger partial charge in [0.1, 0.15) is 11.4 Å². The first-order chi connectivity index (χ1) is 9.39. The van der Waals surface area contributed by atoms with Gasteiger partial charge in [0.15, 0.2) is 0 Å². The summed E-state index contributed by atoms with van der Waals surface area (Å²) in [7, 11) is -3.56. The summed E-state index contributed by atoms with van der Waals surface area (Å²) < 4.78 is 32.3. The lowest BCUT2D eigenvalue weighted by Crippen LogP contribution is -2.15. The van der Waals surface area contributed by atoms with Crippen LogP contribution in [0.2, 0.25) is 0 Å². The number of esters is 1. The number of rotatable bonds is 8. The van der Waals surface area contributed by atoms with E-state index in [4.69, 9.17) is 4.74 Å². The summed E-state index contributed by atoms with van der Waals surface area (Å²) in [6, 6.07) is 0. The number of aromatic nitrogens is 2. The van der Waals surface area contributed by atoms with Crippen LogP contribution in [0, 0.1) is 0 Å². The van der Waals surface area contributed by atoms with E-state index in [0.717, 1.165) is 6.26 Å². The lowest BCUT2D eigenvalue weighted by atomic mass is 10.3. The van der Waals surface area contributed by atoms with Crippen LogP contribution >= 0.6 is 0 Å². The third-order valence-corrected chi connectivity index (χ3v) is 2.73. The van der Waals surface area contributed by atoms with Crippen molar-refractivity contribution in [1.82, 2.24) is 9.78 Å². The molecule has 0 aromatic carbocycles. The van der Waals surface area contributed by atoms with Gasteiger partial charge in [0.25, 0.3) is 10.1 Å². The molecule has 1 rings (SSSR count). The van der Waals surface area contributed by atoms with Crippen LogP contribution in [0.15, 0.2) is 6.20 Å². The van der Waals surface area contributed by atoms with Crippen LogP contribution in [0.4, 0.5) is 5.82 Å². The lowest BCUT2D eigenvalue weighted by molar-refractivity contribution is -0.105. The first kappa shape index (κ1) is 16.1. The summed E-state index contributed by atoms with van der Waals surface area (Å²) in [6.07, 6.45) is 2.53. The van der Waals surface area contributed by atoms with Gasteiger partial charge in [-0.05, 0) is 6.92 Å². The number of amides is 1. The Bertz CT molecular complexity index is 580. The molecule has 0 aliphatic carbocycles. The zero-order valence-corrected chi connectivity index (χ0v) is 11.8. The molecule has 0 atom stereocenters. The number of nitrogens with one attached hydrogen (secondary N) is 1.